The minimum absolute atomic E-state index is 0.00550. The van der Waals surface area contributed by atoms with Gasteiger partial charge in [0.05, 0.1) is 17.5 Å². The molecule has 1 N–H and O–H groups in total. The number of imide groups is 1. The van der Waals surface area contributed by atoms with Gasteiger partial charge in [0.2, 0.25) is 5.91 Å². The number of nitrogens with one attached hydrogen (secondary N) is 1. The molecular weight excluding hydrogens is 348 g/mol. The summed E-state index contributed by atoms with van der Waals surface area (Å²) in [6.45, 7) is 4.05. The van der Waals surface area contributed by atoms with Crippen molar-refractivity contribution in [3.05, 3.63) is 63.3 Å². The second kappa shape index (κ2) is 7.53. The molecule has 1 aliphatic heterocycles. The maximum Gasteiger partial charge on any atom is 0.261 e. The van der Waals surface area contributed by atoms with Gasteiger partial charge in [-0.3, -0.25) is 28.6 Å². The van der Waals surface area contributed by atoms with Crippen molar-refractivity contribution in [2.45, 2.75) is 26.8 Å². The predicted molar refractivity (Wildman–Crippen MR) is 97.4 cm³/mol. The van der Waals surface area contributed by atoms with Gasteiger partial charge in [0.1, 0.15) is 0 Å². The van der Waals surface area contributed by atoms with E-state index < -0.39 is 0 Å². The number of benzene rings is 1. The molecule has 3 rings (SSSR count). The number of aromatic nitrogens is 2. The second-order valence-corrected chi connectivity index (χ2v) is 6.36. The number of amides is 3. The zero-order valence-electron chi connectivity index (χ0n) is 15.2. The number of hydrogen-bond donors (Lipinski definition) is 1. The maximum atomic E-state index is 12.2. The van der Waals surface area contributed by atoms with Gasteiger partial charge in [0, 0.05) is 37.3 Å². The first-order valence-electron chi connectivity index (χ1n) is 8.64. The van der Waals surface area contributed by atoms with Crippen LogP contribution in [0, 0.1) is 13.8 Å². The number of fused-ring (bicyclic) bond motifs is 1. The van der Waals surface area contributed by atoms with E-state index in [9.17, 15) is 19.2 Å². The van der Waals surface area contributed by atoms with Crippen molar-refractivity contribution in [3.63, 3.8) is 0 Å². The molecule has 2 heterocycles. The van der Waals surface area contributed by atoms with Crippen molar-refractivity contribution in [2.24, 2.45) is 0 Å². The third kappa shape index (κ3) is 3.64. The number of carbonyl (C=O) groups is 3. The molecule has 1 aromatic carbocycles. The Labute approximate surface area is 155 Å². The van der Waals surface area contributed by atoms with Crippen molar-refractivity contribution in [2.75, 3.05) is 13.1 Å². The summed E-state index contributed by atoms with van der Waals surface area (Å²) >= 11 is 0. The quantitative estimate of drug-likeness (QED) is 0.755. The molecule has 3 amide bonds. The highest BCUT2D eigenvalue weighted by Gasteiger charge is 2.34. The van der Waals surface area contributed by atoms with Gasteiger partial charge >= 0.3 is 0 Å². The first-order valence-corrected chi connectivity index (χ1v) is 8.64. The summed E-state index contributed by atoms with van der Waals surface area (Å²) in [5, 5.41) is 2.69. The fourth-order valence-electron chi connectivity index (χ4n) is 2.89. The molecule has 0 fully saturated rings. The van der Waals surface area contributed by atoms with Gasteiger partial charge in [0.25, 0.3) is 17.4 Å². The van der Waals surface area contributed by atoms with Gasteiger partial charge in [-0.05, 0) is 26.0 Å². The van der Waals surface area contributed by atoms with Crippen molar-refractivity contribution in [3.8, 4) is 0 Å². The highest BCUT2D eigenvalue weighted by molar-refractivity contribution is 6.21. The van der Waals surface area contributed by atoms with Crippen LogP contribution in [0.4, 0.5) is 0 Å². The fraction of sp³-hybridized carbons (Fsp3) is 0.316. The Kier molecular flexibility index (Phi) is 5.16. The monoisotopic (exact) mass is 368 g/mol. The molecule has 140 valence electrons. The SMILES string of the molecule is Cc1ncn(CCNC(=O)CCN2C(=O)c3ccccc3C2=O)c(=O)c1C. The van der Waals surface area contributed by atoms with Crippen LogP contribution in [0.25, 0.3) is 0 Å². The lowest BCUT2D eigenvalue weighted by Gasteiger charge is -2.14. The van der Waals surface area contributed by atoms with E-state index in [1.165, 1.54) is 10.9 Å². The molecule has 2 aromatic rings. The van der Waals surface area contributed by atoms with E-state index in [1.54, 1.807) is 38.1 Å². The molecule has 27 heavy (non-hydrogen) atoms. The van der Waals surface area contributed by atoms with Crippen molar-refractivity contribution < 1.29 is 14.4 Å². The van der Waals surface area contributed by atoms with E-state index in [-0.39, 0.29) is 42.8 Å². The smallest absolute Gasteiger partial charge is 0.261 e. The number of hydrogen-bond acceptors (Lipinski definition) is 5. The summed E-state index contributed by atoms with van der Waals surface area (Å²) in [5.74, 6) is -1.05. The lowest BCUT2D eigenvalue weighted by Crippen LogP contribution is -2.36. The van der Waals surface area contributed by atoms with E-state index in [2.05, 4.69) is 10.3 Å². The minimum atomic E-state index is -0.379. The molecule has 0 bridgehead atoms. The Morgan fingerprint density at radius 1 is 1.04 bits per heavy atom. The maximum absolute atomic E-state index is 12.2. The van der Waals surface area contributed by atoms with Crippen LogP contribution >= 0.6 is 0 Å². The summed E-state index contributed by atoms with van der Waals surface area (Å²) in [5.41, 5.74) is 1.85. The van der Waals surface area contributed by atoms with Gasteiger partial charge in [-0.25, -0.2) is 4.98 Å². The standard InChI is InChI=1S/C19H20N4O4/c1-12-13(2)21-11-22(17(12)25)10-8-20-16(24)7-9-23-18(26)14-5-3-4-6-15(14)19(23)27/h3-6,11H,7-10H2,1-2H3,(H,20,24). The molecule has 1 aromatic heterocycles. The summed E-state index contributed by atoms with van der Waals surface area (Å²) in [7, 11) is 0. The Hall–Kier alpha value is -3.29. The molecule has 0 radical (unpaired) electrons. The molecule has 0 saturated carbocycles. The average molecular weight is 368 g/mol. The number of rotatable bonds is 6. The first kappa shape index (κ1) is 18.5. The fourth-order valence-corrected chi connectivity index (χ4v) is 2.89. The molecule has 0 unspecified atom stereocenters. The van der Waals surface area contributed by atoms with Crippen molar-refractivity contribution >= 4 is 17.7 Å². The lowest BCUT2D eigenvalue weighted by molar-refractivity contribution is -0.121. The number of nitrogens with zero attached hydrogens (tertiary/aromatic N) is 3. The average Bonchev–Trinajstić information content (AvgIpc) is 2.91. The topological polar surface area (TPSA) is 101 Å². The lowest BCUT2D eigenvalue weighted by atomic mass is 10.1. The van der Waals surface area contributed by atoms with Gasteiger partial charge in [-0.15, -0.1) is 0 Å². The zero-order chi connectivity index (χ0) is 19.6. The van der Waals surface area contributed by atoms with E-state index in [0.29, 0.717) is 28.9 Å². The van der Waals surface area contributed by atoms with E-state index >= 15 is 0 Å². The van der Waals surface area contributed by atoms with Crippen LogP contribution in [0.5, 0.6) is 0 Å². The zero-order valence-corrected chi connectivity index (χ0v) is 15.2. The molecule has 0 spiro atoms. The van der Waals surface area contributed by atoms with Gasteiger partial charge in [0.15, 0.2) is 0 Å². The summed E-state index contributed by atoms with van der Waals surface area (Å²) < 4.78 is 1.44. The largest absolute Gasteiger partial charge is 0.354 e. The third-order valence-corrected chi connectivity index (χ3v) is 4.63. The van der Waals surface area contributed by atoms with Crippen LogP contribution in [0.15, 0.2) is 35.4 Å². The van der Waals surface area contributed by atoms with Crippen LogP contribution in [0.1, 0.15) is 38.4 Å². The molecule has 8 nitrogen and oxygen atoms in total. The highest BCUT2D eigenvalue weighted by atomic mass is 16.2. The molecule has 0 atom stereocenters. The molecule has 8 heteroatoms. The van der Waals surface area contributed by atoms with E-state index in [4.69, 9.17) is 0 Å². The van der Waals surface area contributed by atoms with Crippen LogP contribution in [0.2, 0.25) is 0 Å². The Bertz CT molecular complexity index is 945. The second-order valence-electron chi connectivity index (χ2n) is 6.36. The van der Waals surface area contributed by atoms with Crippen molar-refractivity contribution in [1.29, 1.82) is 0 Å². The summed E-state index contributed by atoms with van der Waals surface area (Å²) in [6.07, 6.45) is 1.46. The molecule has 0 aliphatic carbocycles. The predicted octanol–water partition coefficient (Wildman–Crippen LogP) is 0.663. The molecule has 0 saturated heterocycles. The van der Waals surface area contributed by atoms with E-state index in [0.717, 1.165) is 4.90 Å². The van der Waals surface area contributed by atoms with Crippen LogP contribution in [-0.2, 0) is 11.3 Å². The first-order chi connectivity index (χ1) is 12.9. The third-order valence-electron chi connectivity index (χ3n) is 4.63. The van der Waals surface area contributed by atoms with Crippen LogP contribution < -0.4 is 10.9 Å². The Balaban J connectivity index is 1.50. The Morgan fingerprint density at radius 3 is 2.30 bits per heavy atom. The summed E-state index contributed by atoms with van der Waals surface area (Å²) in [4.78, 5) is 53.8. The molecule has 1 aliphatic rings. The minimum Gasteiger partial charge on any atom is -0.354 e. The molecular formula is C19H20N4O4. The van der Waals surface area contributed by atoms with Crippen LogP contribution in [0.3, 0.4) is 0 Å². The Morgan fingerprint density at radius 2 is 1.67 bits per heavy atom. The van der Waals surface area contributed by atoms with Gasteiger partial charge < -0.3 is 5.32 Å². The van der Waals surface area contributed by atoms with Crippen LogP contribution in [-0.4, -0.2) is 45.3 Å². The highest BCUT2D eigenvalue weighted by Crippen LogP contribution is 2.22. The normalized spacial score (nSPS) is 13.0. The number of aryl methyl sites for hydroxylation is 1. The van der Waals surface area contributed by atoms with Gasteiger partial charge in [-0.1, -0.05) is 12.1 Å². The van der Waals surface area contributed by atoms with Crippen molar-refractivity contribution in [1.82, 2.24) is 19.8 Å². The van der Waals surface area contributed by atoms with Gasteiger partial charge in [-0.2, -0.15) is 0 Å². The summed E-state index contributed by atoms with van der Waals surface area (Å²) in [6, 6.07) is 6.60. The van der Waals surface area contributed by atoms with E-state index in [1.807, 2.05) is 0 Å². The number of carbonyl (C=O) groups excluding carboxylic acids is 3.